The Morgan fingerprint density at radius 2 is 1.92 bits per heavy atom. The number of hydrogen-bond acceptors (Lipinski definition) is 6. The molecule has 0 atom stereocenters. The number of benzene rings is 1. The summed E-state index contributed by atoms with van der Waals surface area (Å²) >= 11 is 0. The molecule has 0 bridgehead atoms. The van der Waals surface area contributed by atoms with Gasteiger partial charge in [0.25, 0.3) is 17.5 Å². The van der Waals surface area contributed by atoms with Crippen molar-refractivity contribution in [2.24, 2.45) is 0 Å². The minimum absolute atomic E-state index is 0.00743. The molecule has 1 aromatic rings. The standard InChI is InChI=1S/C15H15N3O6/c19-12(16-6-8-24-9-7-16)4-5-17-14(20)10-2-1-3-11(18(22)23)13(10)15(17)21/h1-3H,4-9H2. The second-order valence-corrected chi connectivity index (χ2v) is 5.46. The Morgan fingerprint density at radius 1 is 1.21 bits per heavy atom. The summed E-state index contributed by atoms with van der Waals surface area (Å²) in [5, 5.41) is 11.0. The fourth-order valence-corrected chi connectivity index (χ4v) is 2.85. The van der Waals surface area contributed by atoms with Gasteiger partial charge in [0.1, 0.15) is 5.56 Å². The highest BCUT2D eigenvalue weighted by molar-refractivity contribution is 6.23. The lowest BCUT2D eigenvalue weighted by Gasteiger charge is -2.27. The van der Waals surface area contributed by atoms with E-state index in [9.17, 15) is 24.5 Å². The number of ether oxygens (including phenoxy) is 1. The van der Waals surface area contributed by atoms with Crippen molar-refractivity contribution in [2.75, 3.05) is 32.8 Å². The molecular formula is C15H15N3O6. The third-order valence-corrected chi connectivity index (χ3v) is 4.09. The molecular weight excluding hydrogens is 318 g/mol. The molecule has 0 saturated carbocycles. The van der Waals surface area contributed by atoms with Crippen LogP contribution in [0.5, 0.6) is 0 Å². The maximum absolute atomic E-state index is 12.4. The first-order valence-corrected chi connectivity index (χ1v) is 7.50. The maximum Gasteiger partial charge on any atom is 0.282 e. The van der Waals surface area contributed by atoms with Crippen LogP contribution in [-0.2, 0) is 9.53 Å². The van der Waals surface area contributed by atoms with Gasteiger partial charge in [0.2, 0.25) is 5.91 Å². The number of fused-ring (bicyclic) bond motifs is 1. The van der Waals surface area contributed by atoms with Gasteiger partial charge in [-0.1, -0.05) is 6.07 Å². The van der Waals surface area contributed by atoms with E-state index in [1.807, 2.05) is 0 Å². The number of nitro benzene ring substituents is 1. The predicted octanol–water partition coefficient (Wildman–Crippen LogP) is 0.440. The number of hydrogen-bond donors (Lipinski definition) is 0. The van der Waals surface area contributed by atoms with Gasteiger partial charge in [-0.15, -0.1) is 0 Å². The van der Waals surface area contributed by atoms with Gasteiger partial charge in [-0.3, -0.25) is 29.4 Å². The molecule has 0 N–H and O–H groups in total. The molecule has 3 amide bonds. The van der Waals surface area contributed by atoms with Gasteiger partial charge in [0, 0.05) is 32.1 Å². The number of rotatable bonds is 4. The van der Waals surface area contributed by atoms with Crippen molar-refractivity contribution in [1.29, 1.82) is 0 Å². The zero-order valence-electron chi connectivity index (χ0n) is 12.8. The van der Waals surface area contributed by atoms with Gasteiger partial charge < -0.3 is 9.64 Å². The second-order valence-electron chi connectivity index (χ2n) is 5.46. The Balaban J connectivity index is 1.73. The largest absolute Gasteiger partial charge is 0.378 e. The highest BCUT2D eigenvalue weighted by Gasteiger charge is 2.40. The smallest absolute Gasteiger partial charge is 0.282 e. The molecule has 0 radical (unpaired) electrons. The molecule has 1 saturated heterocycles. The summed E-state index contributed by atoms with van der Waals surface area (Å²) in [6, 6.07) is 3.93. The lowest BCUT2D eigenvalue weighted by molar-refractivity contribution is -0.385. The van der Waals surface area contributed by atoms with Gasteiger partial charge in [-0.05, 0) is 6.07 Å². The van der Waals surface area contributed by atoms with Gasteiger partial charge >= 0.3 is 0 Å². The van der Waals surface area contributed by atoms with Crippen molar-refractivity contribution in [3.05, 3.63) is 39.4 Å². The first-order valence-electron chi connectivity index (χ1n) is 7.50. The minimum atomic E-state index is -0.725. The quantitative estimate of drug-likeness (QED) is 0.449. The molecule has 2 heterocycles. The predicted molar refractivity (Wildman–Crippen MR) is 80.5 cm³/mol. The van der Waals surface area contributed by atoms with Gasteiger partial charge in [0.05, 0.1) is 23.7 Å². The molecule has 9 heteroatoms. The molecule has 3 rings (SSSR count). The van der Waals surface area contributed by atoms with Crippen LogP contribution in [0, 0.1) is 10.1 Å². The summed E-state index contributed by atoms with van der Waals surface area (Å²) in [5.74, 6) is -1.50. The number of nitro groups is 1. The normalized spacial score (nSPS) is 17.2. The second kappa shape index (κ2) is 6.36. The Bertz CT molecular complexity index is 726. The average molecular weight is 333 g/mol. The molecule has 9 nitrogen and oxygen atoms in total. The van der Waals surface area contributed by atoms with Crippen molar-refractivity contribution >= 4 is 23.4 Å². The molecule has 2 aliphatic rings. The van der Waals surface area contributed by atoms with Crippen LogP contribution in [0.25, 0.3) is 0 Å². The summed E-state index contributed by atoms with van der Waals surface area (Å²) in [5.41, 5.74) is -0.591. The summed E-state index contributed by atoms with van der Waals surface area (Å²) in [6.07, 6.45) is -0.0146. The van der Waals surface area contributed by atoms with E-state index in [1.165, 1.54) is 18.2 Å². The number of carbonyl (C=O) groups is 3. The summed E-state index contributed by atoms with van der Waals surface area (Å²) in [6.45, 7) is 1.79. The van der Waals surface area contributed by atoms with Gasteiger partial charge in [-0.25, -0.2) is 0 Å². The van der Waals surface area contributed by atoms with E-state index >= 15 is 0 Å². The van der Waals surface area contributed by atoms with Crippen molar-refractivity contribution in [2.45, 2.75) is 6.42 Å². The minimum Gasteiger partial charge on any atom is -0.378 e. The molecule has 1 aromatic carbocycles. The lowest BCUT2D eigenvalue weighted by atomic mass is 10.1. The molecule has 126 valence electrons. The first-order chi connectivity index (χ1) is 11.5. The van der Waals surface area contributed by atoms with Crippen LogP contribution in [0.2, 0.25) is 0 Å². The molecule has 0 unspecified atom stereocenters. The number of morpholine rings is 1. The van der Waals surface area contributed by atoms with Crippen LogP contribution in [0.4, 0.5) is 5.69 Å². The lowest BCUT2D eigenvalue weighted by Crippen LogP contribution is -2.42. The zero-order valence-corrected chi connectivity index (χ0v) is 12.8. The summed E-state index contributed by atoms with van der Waals surface area (Å²) in [4.78, 5) is 49.7. The van der Waals surface area contributed by atoms with E-state index in [4.69, 9.17) is 4.74 Å². The topological polar surface area (TPSA) is 110 Å². The summed E-state index contributed by atoms with van der Waals surface area (Å²) in [7, 11) is 0. The number of carbonyl (C=O) groups excluding carboxylic acids is 3. The van der Waals surface area contributed by atoms with Crippen LogP contribution in [0.3, 0.4) is 0 Å². The SMILES string of the molecule is O=C(CCN1C(=O)c2cccc([N+](=O)[O-])c2C1=O)N1CCOCC1. The Kier molecular flexibility index (Phi) is 4.26. The molecule has 1 fully saturated rings. The monoisotopic (exact) mass is 333 g/mol. The molecule has 24 heavy (non-hydrogen) atoms. The molecule has 0 aliphatic carbocycles. The summed E-state index contributed by atoms with van der Waals surface area (Å²) < 4.78 is 5.16. The van der Waals surface area contributed by atoms with Gasteiger partial charge in [-0.2, -0.15) is 0 Å². The first kappa shape index (κ1) is 16.1. The highest BCUT2D eigenvalue weighted by atomic mass is 16.6. The van der Waals surface area contributed by atoms with Crippen molar-refractivity contribution in [3.8, 4) is 0 Å². The third kappa shape index (κ3) is 2.73. The Labute approximate surface area is 136 Å². The number of amides is 3. The van der Waals surface area contributed by atoms with E-state index in [1.54, 1.807) is 4.90 Å². The zero-order chi connectivity index (χ0) is 17.3. The van der Waals surface area contributed by atoms with Crippen LogP contribution in [0.15, 0.2) is 18.2 Å². The van der Waals surface area contributed by atoms with Crippen molar-refractivity contribution in [3.63, 3.8) is 0 Å². The van der Waals surface area contributed by atoms with Crippen molar-refractivity contribution in [1.82, 2.24) is 9.80 Å². The average Bonchev–Trinajstić information content (AvgIpc) is 2.84. The fraction of sp³-hybridized carbons (Fsp3) is 0.400. The molecule has 0 spiro atoms. The van der Waals surface area contributed by atoms with Crippen LogP contribution in [-0.4, -0.2) is 65.3 Å². The number of nitrogens with zero attached hydrogens (tertiary/aromatic N) is 3. The highest BCUT2D eigenvalue weighted by Crippen LogP contribution is 2.30. The number of imide groups is 1. The van der Waals surface area contributed by atoms with Crippen LogP contribution >= 0.6 is 0 Å². The van der Waals surface area contributed by atoms with Gasteiger partial charge in [0.15, 0.2) is 0 Å². The van der Waals surface area contributed by atoms with E-state index in [0.29, 0.717) is 26.3 Å². The van der Waals surface area contributed by atoms with Crippen LogP contribution < -0.4 is 0 Å². The van der Waals surface area contributed by atoms with E-state index < -0.39 is 22.4 Å². The van der Waals surface area contributed by atoms with Crippen LogP contribution in [0.1, 0.15) is 27.1 Å². The maximum atomic E-state index is 12.4. The van der Waals surface area contributed by atoms with E-state index in [0.717, 1.165) is 4.90 Å². The van der Waals surface area contributed by atoms with E-state index in [-0.39, 0.29) is 30.0 Å². The third-order valence-electron chi connectivity index (χ3n) is 4.09. The Hall–Kier alpha value is -2.81. The molecule has 0 aromatic heterocycles. The fourth-order valence-electron chi connectivity index (χ4n) is 2.85. The van der Waals surface area contributed by atoms with E-state index in [2.05, 4.69) is 0 Å². The van der Waals surface area contributed by atoms with Crippen molar-refractivity contribution < 1.29 is 24.0 Å². The Morgan fingerprint density at radius 3 is 2.58 bits per heavy atom. The molecule has 2 aliphatic heterocycles.